The van der Waals surface area contributed by atoms with Crippen LogP contribution in [0, 0.1) is 0 Å². The van der Waals surface area contributed by atoms with Crippen LogP contribution in [-0.2, 0) is 19.6 Å². The molecule has 1 amide bonds. The first-order valence-corrected chi connectivity index (χ1v) is 11.5. The third kappa shape index (κ3) is 4.73. The molecule has 8 nitrogen and oxygen atoms in total. The standard InChI is InChI=1S/C24H24N4O4S/c1-3-10-28-21-19(22(29)26-24(28)31)12-17(13-25-21)23(30)27(15-18-8-6-11-33-18)14-16-7-4-5-9-20(16)32-2/h4-9,11-13H,3,10,14-15H2,1-2H3,(H,26,29,31). The average molecular weight is 465 g/mol. The van der Waals surface area contributed by atoms with E-state index in [1.807, 2.05) is 48.7 Å². The summed E-state index contributed by atoms with van der Waals surface area (Å²) in [6, 6.07) is 13.0. The van der Waals surface area contributed by atoms with E-state index in [0.717, 1.165) is 10.4 Å². The normalized spacial score (nSPS) is 11.0. The molecule has 4 rings (SSSR count). The number of nitrogens with zero attached hydrogens (tertiary/aromatic N) is 3. The first kappa shape index (κ1) is 22.5. The minimum atomic E-state index is -0.556. The number of hydrogen-bond donors (Lipinski definition) is 1. The molecule has 0 atom stereocenters. The number of aryl methyl sites for hydroxylation is 1. The predicted molar refractivity (Wildman–Crippen MR) is 128 cm³/mol. The average Bonchev–Trinajstić information content (AvgIpc) is 3.34. The lowest BCUT2D eigenvalue weighted by molar-refractivity contribution is 0.0730. The molecule has 0 spiro atoms. The maximum Gasteiger partial charge on any atom is 0.329 e. The van der Waals surface area contributed by atoms with Crippen molar-refractivity contribution in [1.29, 1.82) is 0 Å². The van der Waals surface area contributed by atoms with Crippen LogP contribution < -0.4 is 16.0 Å². The second-order valence-electron chi connectivity index (χ2n) is 7.56. The molecule has 0 aliphatic heterocycles. The van der Waals surface area contributed by atoms with Crippen LogP contribution in [0.25, 0.3) is 11.0 Å². The Labute approximate surface area is 194 Å². The molecule has 0 bridgehead atoms. The van der Waals surface area contributed by atoms with Crippen molar-refractivity contribution in [3.05, 3.63) is 90.9 Å². The second-order valence-corrected chi connectivity index (χ2v) is 8.59. The molecule has 170 valence electrons. The molecule has 4 aromatic rings. The van der Waals surface area contributed by atoms with Crippen molar-refractivity contribution in [3.8, 4) is 5.75 Å². The van der Waals surface area contributed by atoms with Crippen molar-refractivity contribution >= 4 is 28.3 Å². The van der Waals surface area contributed by atoms with Crippen molar-refractivity contribution in [1.82, 2.24) is 19.4 Å². The van der Waals surface area contributed by atoms with E-state index in [-0.39, 0.29) is 22.5 Å². The molecule has 0 fully saturated rings. The van der Waals surface area contributed by atoms with Crippen molar-refractivity contribution < 1.29 is 9.53 Å². The summed E-state index contributed by atoms with van der Waals surface area (Å²) in [5.41, 5.74) is 0.363. The second kappa shape index (κ2) is 9.83. The highest BCUT2D eigenvalue weighted by Crippen LogP contribution is 2.23. The van der Waals surface area contributed by atoms with E-state index < -0.39 is 11.2 Å². The number of carbonyl (C=O) groups excluding carboxylic acids is 1. The molecular weight excluding hydrogens is 440 g/mol. The molecule has 1 N–H and O–H groups in total. The number of carbonyl (C=O) groups is 1. The summed E-state index contributed by atoms with van der Waals surface area (Å²) in [4.78, 5) is 47.6. The van der Waals surface area contributed by atoms with Crippen LogP contribution in [0.3, 0.4) is 0 Å². The van der Waals surface area contributed by atoms with Crippen LogP contribution in [0.5, 0.6) is 5.75 Å². The molecule has 0 radical (unpaired) electrons. The molecule has 0 saturated heterocycles. The van der Waals surface area contributed by atoms with E-state index in [2.05, 4.69) is 9.97 Å². The Morgan fingerprint density at radius 2 is 2.00 bits per heavy atom. The van der Waals surface area contributed by atoms with E-state index in [1.54, 1.807) is 23.3 Å². The molecule has 0 saturated carbocycles. The molecule has 0 unspecified atom stereocenters. The van der Waals surface area contributed by atoms with Crippen molar-refractivity contribution in [2.75, 3.05) is 7.11 Å². The molecule has 3 heterocycles. The van der Waals surface area contributed by atoms with Gasteiger partial charge in [0.05, 0.1) is 31.1 Å². The van der Waals surface area contributed by atoms with Gasteiger partial charge < -0.3 is 9.64 Å². The van der Waals surface area contributed by atoms with E-state index in [9.17, 15) is 14.4 Å². The topological polar surface area (TPSA) is 97.3 Å². The summed E-state index contributed by atoms with van der Waals surface area (Å²) in [7, 11) is 1.60. The fraction of sp³-hybridized carbons (Fsp3) is 0.250. The van der Waals surface area contributed by atoms with E-state index in [0.29, 0.717) is 31.8 Å². The van der Waals surface area contributed by atoms with Crippen LogP contribution in [0.4, 0.5) is 0 Å². The molecule has 3 aromatic heterocycles. The predicted octanol–water partition coefficient (Wildman–Crippen LogP) is 3.41. The minimum Gasteiger partial charge on any atom is -0.496 e. The highest BCUT2D eigenvalue weighted by molar-refractivity contribution is 7.09. The highest BCUT2D eigenvalue weighted by atomic mass is 32.1. The van der Waals surface area contributed by atoms with Gasteiger partial charge in [0.15, 0.2) is 0 Å². The first-order valence-electron chi connectivity index (χ1n) is 10.6. The molecule has 33 heavy (non-hydrogen) atoms. The van der Waals surface area contributed by atoms with Crippen molar-refractivity contribution in [2.24, 2.45) is 0 Å². The zero-order valence-electron chi connectivity index (χ0n) is 18.4. The number of H-pyrrole nitrogens is 1. The molecule has 1 aromatic carbocycles. The Morgan fingerprint density at radius 3 is 2.73 bits per heavy atom. The number of fused-ring (bicyclic) bond motifs is 1. The Balaban J connectivity index is 1.75. The van der Waals surface area contributed by atoms with Crippen LogP contribution in [0.15, 0.2) is 63.6 Å². The number of thiophene rings is 1. The van der Waals surface area contributed by atoms with Gasteiger partial charge in [-0.25, -0.2) is 9.78 Å². The summed E-state index contributed by atoms with van der Waals surface area (Å²) in [6.07, 6.45) is 2.14. The van der Waals surface area contributed by atoms with Gasteiger partial charge in [-0.15, -0.1) is 11.3 Å². The molecular formula is C24H24N4O4S. The van der Waals surface area contributed by atoms with E-state index in [4.69, 9.17) is 4.74 Å². The molecule has 0 aliphatic carbocycles. The van der Waals surface area contributed by atoms with Crippen LogP contribution in [0.2, 0.25) is 0 Å². The van der Waals surface area contributed by atoms with Crippen LogP contribution in [-0.4, -0.2) is 32.5 Å². The van der Waals surface area contributed by atoms with Gasteiger partial charge in [-0.1, -0.05) is 31.2 Å². The Morgan fingerprint density at radius 1 is 1.18 bits per heavy atom. The largest absolute Gasteiger partial charge is 0.496 e. The number of aromatic nitrogens is 3. The molecule has 9 heteroatoms. The van der Waals surface area contributed by atoms with Gasteiger partial charge in [-0.2, -0.15) is 0 Å². The first-order chi connectivity index (χ1) is 16.0. The fourth-order valence-corrected chi connectivity index (χ4v) is 4.45. The van der Waals surface area contributed by atoms with Gasteiger partial charge in [0, 0.05) is 23.2 Å². The smallest absolute Gasteiger partial charge is 0.329 e. The number of ether oxygens (including phenoxy) is 1. The zero-order chi connectivity index (χ0) is 23.4. The van der Waals surface area contributed by atoms with Gasteiger partial charge >= 0.3 is 5.69 Å². The molecule has 0 aliphatic rings. The number of aromatic amines is 1. The number of para-hydroxylation sites is 1. The van der Waals surface area contributed by atoms with E-state index >= 15 is 0 Å². The number of pyridine rings is 1. The third-order valence-corrected chi connectivity index (χ3v) is 6.16. The lowest BCUT2D eigenvalue weighted by Gasteiger charge is -2.23. The van der Waals surface area contributed by atoms with Crippen LogP contribution >= 0.6 is 11.3 Å². The Bertz CT molecular complexity index is 1390. The quantitative estimate of drug-likeness (QED) is 0.431. The summed E-state index contributed by atoms with van der Waals surface area (Å²) >= 11 is 1.56. The number of rotatable bonds is 8. The third-order valence-electron chi connectivity index (χ3n) is 5.29. The van der Waals surface area contributed by atoms with Gasteiger partial charge in [0.25, 0.3) is 11.5 Å². The van der Waals surface area contributed by atoms with Crippen molar-refractivity contribution in [3.63, 3.8) is 0 Å². The number of methoxy groups -OCH3 is 1. The maximum atomic E-state index is 13.6. The van der Waals surface area contributed by atoms with Gasteiger partial charge in [0.2, 0.25) is 0 Å². The number of benzene rings is 1. The highest BCUT2D eigenvalue weighted by Gasteiger charge is 2.21. The lowest BCUT2D eigenvalue weighted by Crippen LogP contribution is -2.32. The number of nitrogens with one attached hydrogen (secondary N) is 1. The summed E-state index contributed by atoms with van der Waals surface area (Å²) in [6.45, 7) is 3.08. The van der Waals surface area contributed by atoms with Gasteiger partial charge in [-0.05, 0) is 30.0 Å². The van der Waals surface area contributed by atoms with Crippen molar-refractivity contribution in [2.45, 2.75) is 33.0 Å². The summed E-state index contributed by atoms with van der Waals surface area (Å²) < 4.78 is 6.88. The zero-order valence-corrected chi connectivity index (χ0v) is 19.2. The van der Waals surface area contributed by atoms with Gasteiger partial charge in [-0.3, -0.25) is 19.1 Å². The Hall–Kier alpha value is -3.72. The maximum absolute atomic E-state index is 13.6. The minimum absolute atomic E-state index is 0.210. The summed E-state index contributed by atoms with van der Waals surface area (Å²) in [5.74, 6) is 0.425. The lowest BCUT2D eigenvalue weighted by atomic mass is 10.1. The summed E-state index contributed by atoms with van der Waals surface area (Å²) in [5, 5.41) is 2.17. The SMILES string of the molecule is CCCn1c(=O)[nH]c(=O)c2cc(C(=O)N(Cc3cccs3)Cc3ccccc3OC)cnc21. The van der Waals surface area contributed by atoms with Crippen LogP contribution in [0.1, 0.15) is 34.1 Å². The monoisotopic (exact) mass is 464 g/mol. The van der Waals surface area contributed by atoms with E-state index in [1.165, 1.54) is 16.8 Å². The number of hydrogen-bond acceptors (Lipinski definition) is 6. The number of amides is 1. The Kier molecular flexibility index (Phi) is 6.69. The fourth-order valence-electron chi connectivity index (χ4n) is 3.73. The van der Waals surface area contributed by atoms with Gasteiger partial charge in [0.1, 0.15) is 11.4 Å².